The Labute approximate surface area is 99.7 Å². The Hall–Kier alpha value is -0.930. The van der Waals surface area contributed by atoms with Crippen molar-refractivity contribution in [1.82, 2.24) is 10.3 Å². The quantitative estimate of drug-likeness (QED) is 0.859. The van der Waals surface area contributed by atoms with Gasteiger partial charge < -0.3 is 5.32 Å². The van der Waals surface area contributed by atoms with Gasteiger partial charge >= 0.3 is 0 Å². The molecule has 0 radical (unpaired) electrons. The molecule has 1 aromatic carbocycles. The van der Waals surface area contributed by atoms with Crippen LogP contribution in [0.4, 0.5) is 0 Å². The summed E-state index contributed by atoms with van der Waals surface area (Å²) in [5.41, 5.74) is 1.30. The highest BCUT2D eigenvalue weighted by atomic mass is 32.1. The van der Waals surface area contributed by atoms with E-state index >= 15 is 0 Å². The maximum absolute atomic E-state index is 4.79. The Kier molecular flexibility index (Phi) is 2.45. The first kappa shape index (κ1) is 10.2. The van der Waals surface area contributed by atoms with E-state index in [1.807, 2.05) is 11.3 Å². The first-order chi connectivity index (χ1) is 7.84. The van der Waals surface area contributed by atoms with Gasteiger partial charge in [-0.25, -0.2) is 4.98 Å². The summed E-state index contributed by atoms with van der Waals surface area (Å²) in [7, 11) is 0. The minimum atomic E-state index is 0.156. The molecule has 2 heterocycles. The van der Waals surface area contributed by atoms with Crippen LogP contribution < -0.4 is 5.32 Å². The van der Waals surface area contributed by atoms with Gasteiger partial charge in [0.05, 0.1) is 15.8 Å². The summed E-state index contributed by atoms with van der Waals surface area (Å²) in [5, 5.41) is 4.92. The summed E-state index contributed by atoms with van der Waals surface area (Å²) in [4.78, 5) is 4.79. The maximum Gasteiger partial charge on any atom is 0.114 e. The second-order valence-corrected chi connectivity index (χ2v) is 5.48. The van der Waals surface area contributed by atoms with Crippen LogP contribution in [0.2, 0.25) is 0 Å². The number of hydrogen-bond donors (Lipinski definition) is 1. The van der Waals surface area contributed by atoms with Crippen LogP contribution in [0.1, 0.15) is 31.2 Å². The van der Waals surface area contributed by atoms with E-state index in [9.17, 15) is 0 Å². The van der Waals surface area contributed by atoms with Gasteiger partial charge in [0.15, 0.2) is 0 Å². The number of thiazole rings is 1. The zero-order valence-corrected chi connectivity index (χ0v) is 10.3. The molecule has 1 N–H and O–H groups in total. The largest absolute Gasteiger partial charge is 0.305 e. The highest BCUT2D eigenvalue weighted by Crippen LogP contribution is 2.38. The fourth-order valence-corrected chi connectivity index (χ4v) is 3.75. The summed E-state index contributed by atoms with van der Waals surface area (Å²) in [6.45, 7) is 3.38. The van der Waals surface area contributed by atoms with Crippen LogP contribution in [0, 0.1) is 0 Å². The van der Waals surface area contributed by atoms with Gasteiger partial charge in [0.25, 0.3) is 0 Å². The molecule has 1 fully saturated rings. The lowest BCUT2D eigenvalue weighted by molar-refractivity contribution is 0.375. The molecule has 0 bridgehead atoms. The highest BCUT2D eigenvalue weighted by Gasteiger charge is 2.36. The third-order valence-corrected chi connectivity index (χ3v) is 4.79. The zero-order chi connectivity index (χ0) is 11.0. The summed E-state index contributed by atoms with van der Waals surface area (Å²) < 4.78 is 1.30. The van der Waals surface area contributed by atoms with Crippen LogP contribution in [-0.2, 0) is 5.54 Å². The number of nitrogens with zero attached hydrogens (tertiary/aromatic N) is 1. The third kappa shape index (κ3) is 1.46. The molecule has 0 saturated carbocycles. The second-order valence-electron chi connectivity index (χ2n) is 4.45. The summed E-state index contributed by atoms with van der Waals surface area (Å²) in [6, 6.07) is 8.42. The average molecular weight is 232 g/mol. The Morgan fingerprint density at radius 3 is 3.00 bits per heavy atom. The number of para-hydroxylation sites is 1. The van der Waals surface area contributed by atoms with E-state index in [2.05, 4.69) is 36.5 Å². The lowest BCUT2D eigenvalue weighted by atomic mass is 9.95. The fraction of sp³-hybridized carbons (Fsp3) is 0.462. The van der Waals surface area contributed by atoms with Crippen LogP contribution in [0.5, 0.6) is 0 Å². The molecule has 1 aliphatic rings. The van der Waals surface area contributed by atoms with E-state index in [1.165, 1.54) is 22.5 Å². The molecule has 84 valence electrons. The van der Waals surface area contributed by atoms with Gasteiger partial charge in [0, 0.05) is 0 Å². The van der Waals surface area contributed by atoms with E-state index in [-0.39, 0.29) is 5.54 Å². The highest BCUT2D eigenvalue weighted by molar-refractivity contribution is 7.18. The van der Waals surface area contributed by atoms with Crippen molar-refractivity contribution in [3.05, 3.63) is 29.3 Å². The van der Waals surface area contributed by atoms with Crippen LogP contribution in [-0.4, -0.2) is 11.5 Å². The summed E-state index contributed by atoms with van der Waals surface area (Å²) in [5.74, 6) is 0. The monoisotopic (exact) mass is 232 g/mol. The van der Waals surface area contributed by atoms with Crippen molar-refractivity contribution in [1.29, 1.82) is 0 Å². The molecule has 1 saturated heterocycles. The molecule has 0 spiro atoms. The van der Waals surface area contributed by atoms with Crippen LogP contribution in [0.25, 0.3) is 10.2 Å². The molecule has 2 nitrogen and oxygen atoms in total. The zero-order valence-electron chi connectivity index (χ0n) is 9.49. The fourth-order valence-electron chi connectivity index (χ4n) is 2.52. The molecule has 1 aromatic heterocycles. The van der Waals surface area contributed by atoms with Crippen LogP contribution in [0.15, 0.2) is 24.3 Å². The number of benzene rings is 1. The molecule has 16 heavy (non-hydrogen) atoms. The number of aromatic nitrogens is 1. The second kappa shape index (κ2) is 3.82. The predicted octanol–water partition coefficient (Wildman–Crippen LogP) is 3.29. The van der Waals surface area contributed by atoms with E-state index in [1.54, 1.807) is 0 Å². The van der Waals surface area contributed by atoms with Gasteiger partial charge in [0.1, 0.15) is 5.01 Å². The smallest absolute Gasteiger partial charge is 0.114 e. The van der Waals surface area contributed by atoms with Gasteiger partial charge in [-0.3, -0.25) is 0 Å². The van der Waals surface area contributed by atoms with Crippen LogP contribution >= 0.6 is 11.3 Å². The third-order valence-electron chi connectivity index (χ3n) is 3.55. The van der Waals surface area contributed by atoms with Crippen molar-refractivity contribution in [2.24, 2.45) is 0 Å². The molecule has 0 aliphatic carbocycles. The minimum absolute atomic E-state index is 0.156. The van der Waals surface area contributed by atoms with Gasteiger partial charge in [-0.1, -0.05) is 19.1 Å². The first-order valence-electron chi connectivity index (χ1n) is 5.95. The molecular weight excluding hydrogens is 216 g/mol. The van der Waals surface area contributed by atoms with Gasteiger partial charge in [-0.15, -0.1) is 11.3 Å². The number of rotatable bonds is 2. The SMILES string of the molecule is CCC1(c2nc3ccccc3s2)CCCN1. The van der Waals surface area contributed by atoms with Crippen molar-refractivity contribution in [2.75, 3.05) is 6.54 Å². The Bertz CT molecular complexity index is 464. The predicted molar refractivity (Wildman–Crippen MR) is 68.8 cm³/mol. The minimum Gasteiger partial charge on any atom is -0.305 e. The Morgan fingerprint density at radius 1 is 1.44 bits per heavy atom. The summed E-state index contributed by atoms with van der Waals surface area (Å²) >= 11 is 1.84. The van der Waals surface area contributed by atoms with Crippen molar-refractivity contribution in [3.8, 4) is 0 Å². The van der Waals surface area contributed by atoms with Gasteiger partial charge in [-0.05, 0) is 37.9 Å². The van der Waals surface area contributed by atoms with Crippen molar-refractivity contribution >= 4 is 21.6 Å². The molecular formula is C13H16N2S. The normalized spacial score (nSPS) is 25.3. The van der Waals surface area contributed by atoms with E-state index in [0.29, 0.717) is 0 Å². The Morgan fingerprint density at radius 2 is 2.31 bits per heavy atom. The van der Waals surface area contributed by atoms with E-state index in [4.69, 9.17) is 4.98 Å². The van der Waals surface area contributed by atoms with Crippen molar-refractivity contribution in [3.63, 3.8) is 0 Å². The lowest BCUT2D eigenvalue weighted by Crippen LogP contribution is -2.35. The maximum atomic E-state index is 4.79. The molecule has 0 amide bonds. The lowest BCUT2D eigenvalue weighted by Gasteiger charge is -2.25. The Balaban J connectivity index is 2.10. The average Bonchev–Trinajstić information content (AvgIpc) is 2.96. The topological polar surface area (TPSA) is 24.9 Å². The standard InChI is InChI=1S/C13H16N2S/c1-2-13(8-5-9-14-13)12-15-10-6-3-4-7-11(10)16-12/h3-4,6-7,14H,2,5,8-9H2,1H3. The van der Waals surface area contributed by atoms with Crippen LogP contribution in [0.3, 0.4) is 0 Å². The molecule has 1 atom stereocenters. The molecule has 2 aromatic rings. The van der Waals surface area contributed by atoms with E-state index < -0.39 is 0 Å². The number of nitrogens with one attached hydrogen (secondary N) is 1. The summed E-state index contributed by atoms with van der Waals surface area (Å²) in [6.07, 6.45) is 3.62. The number of fused-ring (bicyclic) bond motifs is 1. The van der Waals surface area contributed by atoms with Gasteiger partial charge in [0.2, 0.25) is 0 Å². The number of hydrogen-bond acceptors (Lipinski definition) is 3. The van der Waals surface area contributed by atoms with Crippen molar-refractivity contribution in [2.45, 2.75) is 31.7 Å². The molecule has 3 heteroatoms. The molecule has 1 unspecified atom stereocenters. The first-order valence-corrected chi connectivity index (χ1v) is 6.77. The molecule has 3 rings (SSSR count). The molecule has 1 aliphatic heterocycles. The van der Waals surface area contributed by atoms with E-state index in [0.717, 1.165) is 18.5 Å². The van der Waals surface area contributed by atoms with Crippen molar-refractivity contribution < 1.29 is 0 Å². The van der Waals surface area contributed by atoms with Gasteiger partial charge in [-0.2, -0.15) is 0 Å².